The molecular weight excluding hydrogens is 169 g/mol. The van der Waals surface area contributed by atoms with Crippen LogP contribution >= 0.6 is 0 Å². The predicted octanol–water partition coefficient (Wildman–Crippen LogP) is -0.468. The number of hydrogen-bond donors (Lipinski definition) is 3. The Morgan fingerprint density at radius 3 is 2.54 bits per heavy atom. The van der Waals surface area contributed by atoms with Crippen LogP contribution in [0.2, 0.25) is 0 Å². The fraction of sp³-hybridized carbons (Fsp3) is 0.375. The van der Waals surface area contributed by atoms with Crippen LogP contribution in [0.25, 0.3) is 0 Å². The lowest BCUT2D eigenvalue weighted by Crippen LogP contribution is -2.20. The number of pyridine rings is 1. The largest absolute Gasteiger partial charge is 0.507 e. The summed E-state index contributed by atoms with van der Waals surface area (Å²) in [5.41, 5.74) is -0.561. The van der Waals surface area contributed by atoms with Crippen molar-refractivity contribution in [3.63, 3.8) is 0 Å². The number of nitrogens with one attached hydrogen (secondary N) is 1. The summed E-state index contributed by atoms with van der Waals surface area (Å²) in [5.74, 6) is -0.865. The Morgan fingerprint density at radius 2 is 2.00 bits per heavy atom. The maximum absolute atomic E-state index is 11.0. The maximum atomic E-state index is 11.0. The van der Waals surface area contributed by atoms with E-state index in [0.717, 1.165) is 6.42 Å². The highest BCUT2D eigenvalue weighted by molar-refractivity contribution is 6.36. The molecule has 0 aliphatic heterocycles. The van der Waals surface area contributed by atoms with Gasteiger partial charge in [-0.25, -0.2) is 0 Å². The molecule has 3 N–H and O–H groups in total. The van der Waals surface area contributed by atoms with Crippen LogP contribution in [-0.2, 0) is 6.42 Å². The Balaban J connectivity index is 3.32. The van der Waals surface area contributed by atoms with Gasteiger partial charge in [-0.15, -0.1) is 0 Å². The molecule has 0 amide bonds. The van der Waals surface area contributed by atoms with Crippen LogP contribution in [0, 0.1) is 0 Å². The van der Waals surface area contributed by atoms with Crippen LogP contribution in [0.1, 0.15) is 19.0 Å². The zero-order chi connectivity index (χ0) is 10.0. The summed E-state index contributed by atoms with van der Waals surface area (Å²) < 4.78 is 0. The van der Waals surface area contributed by atoms with Crippen molar-refractivity contribution < 1.29 is 10.2 Å². The van der Waals surface area contributed by atoms with Gasteiger partial charge in [-0.3, -0.25) is 4.79 Å². The lowest BCUT2D eigenvalue weighted by atomic mass is 9.93. The summed E-state index contributed by atoms with van der Waals surface area (Å²) in [7, 11) is 5.29. The number of H-pyrrole nitrogens is 1. The van der Waals surface area contributed by atoms with Gasteiger partial charge in [0, 0.05) is 0 Å². The Bertz CT molecular complexity index is 372. The van der Waals surface area contributed by atoms with Crippen molar-refractivity contribution in [1.82, 2.24) is 4.98 Å². The molecule has 1 aromatic rings. The molecular formula is C8H10BNO3. The highest BCUT2D eigenvalue weighted by Gasteiger charge is 2.10. The van der Waals surface area contributed by atoms with Crippen molar-refractivity contribution in [2.75, 3.05) is 0 Å². The van der Waals surface area contributed by atoms with Crippen molar-refractivity contribution in [2.24, 2.45) is 0 Å². The molecule has 0 aromatic carbocycles. The molecule has 4 nitrogen and oxygen atoms in total. The number of hydrogen-bond acceptors (Lipinski definition) is 3. The van der Waals surface area contributed by atoms with Gasteiger partial charge in [0.1, 0.15) is 13.6 Å². The highest BCUT2D eigenvalue weighted by Crippen LogP contribution is 2.13. The van der Waals surface area contributed by atoms with Gasteiger partial charge in [0.2, 0.25) is 0 Å². The third-order valence-electron chi connectivity index (χ3n) is 1.78. The second kappa shape index (κ2) is 3.55. The van der Waals surface area contributed by atoms with Gasteiger partial charge in [-0.2, -0.15) is 0 Å². The van der Waals surface area contributed by atoms with Gasteiger partial charge in [-0.1, -0.05) is 13.3 Å². The number of aromatic amines is 1. The van der Waals surface area contributed by atoms with Crippen LogP contribution in [-0.4, -0.2) is 23.0 Å². The fourth-order valence-corrected chi connectivity index (χ4v) is 1.08. The van der Waals surface area contributed by atoms with E-state index in [0.29, 0.717) is 12.1 Å². The topological polar surface area (TPSA) is 73.3 Å². The highest BCUT2D eigenvalue weighted by atomic mass is 16.3. The van der Waals surface area contributed by atoms with Crippen LogP contribution in [0.3, 0.4) is 0 Å². The number of aromatic nitrogens is 1. The number of rotatable bonds is 2. The summed E-state index contributed by atoms with van der Waals surface area (Å²) in [6, 6.07) is 0. The van der Waals surface area contributed by atoms with E-state index in [1.54, 1.807) is 0 Å². The minimum atomic E-state index is -0.668. The van der Waals surface area contributed by atoms with Crippen molar-refractivity contribution in [2.45, 2.75) is 19.8 Å². The molecule has 1 heterocycles. The predicted molar refractivity (Wildman–Crippen MR) is 49.8 cm³/mol. The molecule has 0 fully saturated rings. The van der Waals surface area contributed by atoms with Crippen LogP contribution in [0.15, 0.2) is 4.79 Å². The molecule has 5 heteroatoms. The molecule has 0 atom stereocenters. The average Bonchev–Trinajstić information content (AvgIpc) is 2.11. The third kappa shape index (κ3) is 1.69. The van der Waals surface area contributed by atoms with Gasteiger partial charge < -0.3 is 15.2 Å². The summed E-state index contributed by atoms with van der Waals surface area (Å²) in [5, 5.41) is 18.4. The Kier molecular flexibility index (Phi) is 2.65. The van der Waals surface area contributed by atoms with Gasteiger partial charge in [-0.05, 0) is 11.9 Å². The molecule has 0 aliphatic rings. The van der Waals surface area contributed by atoms with E-state index in [1.165, 1.54) is 0 Å². The Morgan fingerprint density at radius 1 is 1.38 bits per heavy atom. The van der Waals surface area contributed by atoms with Crippen LogP contribution < -0.4 is 11.0 Å². The van der Waals surface area contributed by atoms with Crippen LogP contribution in [0.5, 0.6) is 11.5 Å². The number of aryl methyl sites for hydroxylation is 1. The first-order valence-corrected chi connectivity index (χ1v) is 4.00. The van der Waals surface area contributed by atoms with Crippen molar-refractivity contribution in [1.29, 1.82) is 0 Å². The van der Waals surface area contributed by atoms with Crippen molar-refractivity contribution in [3.05, 3.63) is 16.0 Å². The lowest BCUT2D eigenvalue weighted by molar-refractivity contribution is 0.443. The van der Waals surface area contributed by atoms with E-state index in [-0.39, 0.29) is 11.2 Å². The molecule has 0 saturated heterocycles. The van der Waals surface area contributed by atoms with E-state index < -0.39 is 11.3 Å². The summed E-state index contributed by atoms with van der Waals surface area (Å²) in [4.78, 5) is 13.3. The van der Waals surface area contributed by atoms with Crippen molar-refractivity contribution in [3.8, 4) is 11.5 Å². The second-order valence-electron chi connectivity index (χ2n) is 2.79. The summed E-state index contributed by atoms with van der Waals surface area (Å²) in [6.45, 7) is 1.90. The standard InChI is InChI=1S/C8H10BNO3/c1-2-3-4-6(11)5(9)7(12)8(13)10-4/h11-12H,2-3H2,1H3,(H,10,13). The molecule has 0 spiro atoms. The monoisotopic (exact) mass is 179 g/mol. The molecule has 0 aliphatic carbocycles. The minimum Gasteiger partial charge on any atom is -0.507 e. The first-order chi connectivity index (χ1) is 6.07. The quantitative estimate of drug-likeness (QED) is 0.537. The minimum absolute atomic E-state index is 0.237. The number of aromatic hydroxyl groups is 2. The Hall–Kier alpha value is -1.39. The van der Waals surface area contributed by atoms with Gasteiger partial charge in [0.05, 0.1) is 5.69 Å². The zero-order valence-corrected chi connectivity index (χ0v) is 7.29. The fourth-order valence-electron chi connectivity index (χ4n) is 1.08. The molecule has 68 valence electrons. The summed E-state index contributed by atoms with van der Waals surface area (Å²) >= 11 is 0. The third-order valence-corrected chi connectivity index (χ3v) is 1.78. The maximum Gasteiger partial charge on any atom is 0.289 e. The smallest absolute Gasteiger partial charge is 0.289 e. The zero-order valence-electron chi connectivity index (χ0n) is 7.29. The van der Waals surface area contributed by atoms with Gasteiger partial charge in [0.25, 0.3) is 5.56 Å². The van der Waals surface area contributed by atoms with E-state index in [1.807, 2.05) is 6.92 Å². The van der Waals surface area contributed by atoms with E-state index in [4.69, 9.17) is 13.0 Å². The van der Waals surface area contributed by atoms with Crippen molar-refractivity contribution >= 4 is 13.3 Å². The van der Waals surface area contributed by atoms with Gasteiger partial charge in [0.15, 0.2) is 5.75 Å². The molecule has 1 rings (SSSR count). The van der Waals surface area contributed by atoms with Gasteiger partial charge >= 0.3 is 0 Å². The normalized spacial score (nSPS) is 10.2. The van der Waals surface area contributed by atoms with E-state index in [2.05, 4.69) is 4.98 Å². The molecule has 2 radical (unpaired) electrons. The second-order valence-corrected chi connectivity index (χ2v) is 2.79. The Labute approximate surface area is 76.6 Å². The molecule has 0 saturated carbocycles. The molecule has 1 aromatic heterocycles. The molecule has 0 bridgehead atoms. The first-order valence-electron chi connectivity index (χ1n) is 4.00. The average molecular weight is 179 g/mol. The van der Waals surface area contributed by atoms with E-state index >= 15 is 0 Å². The van der Waals surface area contributed by atoms with Crippen LogP contribution in [0.4, 0.5) is 0 Å². The lowest BCUT2D eigenvalue weighted by Gasteiger charge is -2.07. The molecule has 13 heavy (non-hydrogen) atoms. The molecule has 0 unspecified atom stereocenters. The van der Waals surface area contributed by atoms with E-state index in [9.17, 15) is 9.90 Å². The summed E-state index contributed by atoms with van der Waals surface area (Å²) in [6.07, 6.45) is 1.29. The first kappa shape index (κ1) is 9.70. The SMILES string of the molecule is [B]c1c(O)c(CCC)[nH]c(=O)c1O.